The first-order valence-corrected chi connectivity index (χ1v) is 10.9. The van der Waals surface area contributed by atoms with Crippen molar-refractivity contribution in [3.63, 3.8) is 0 Å². The molecule has 0 bridgehead atoms. The molecule has 0 N–H and O–H groups in total. The first-order chi connectivity index (χ1) is 14.6. The van der Waals surface area contributed by atoms with Crippen molar-refractivity contribution in [2.24, 2.45) is 5.92 Å². The molecule has 3 heterocycles. The summed E-state index contributed by atoms with van der Waals surface area (Å²) in [7, 11) is 0. The highest BCUT2D eigenvalue weighted by Gasteiger charge is 2.30. The SMILES string of the molecule is O=Cc1ccc(N2CCC(C(=O)N3CCN(Cc4ccc(Cl)nc4)CC3)CC2)cc1. The molecule has 4 rings (SSSR count). The monoisotopic (exact) mass is 426 g/mol. The van der Waals surface area contributed by atoms with Gasteiger partial charge in [0.2, 0.25) is 5.91 Å². The van der Waals surface area contributed by atoms with Crippen molar-refractivity contribution in [2.75, 3.05) is 44.2 Å². The minimum Gasteiger partial charge on any atom is -0.371 e. The maximum atomic E-state index is 13.0. The second kappa shape index (κ2) is 9.58. The lowest BCUT2D eigenvalue weighted by molar-refractivity contribution is -0.138. The van der Waals surface area contributed by atoms with Gasteiger partial charge in [0.05, 0.1) is 0 Å². The molecule has 0 saturated carbocycles. The van der Waals surface area contributed by atoms with Gasteiger partial charge in [0.1, 0.15) is 11.4 Å². The Kier molecular flexibility index (Phi) is 6.65. The van der Waals surface area contributed by atoms with Gasteiger partial charge in [-0.05, 0) is 48.7 Å². The third kappa shape index (κ3) is 4.99. The van der Waals surface area contributed by atoms with Crippen LogP contribution in [0.2, 0.25) is 5.15 Å². The molecule has 2 aromatic rings. The Morgan fingerprint density at radius 3 is 2.30 bits per heavy atom. The fourth-order valence-corrected chi connectivity index (χ4v) is 4.40. The van der Waals surface area contributed by atoms with Gasteiger partial charge in [-0.2, -0.15) is 0 Å². The van der Waals surface area contributed by atoms with E-state index in [9.17, 15) is 9.59 Å². The van der Waals surface area contributed by atoms with E-state index in [1.165, 1.54) is 0 Å². The molecular weight excluding hydrogens is 400 g/mol. The van der Waals surface area contributed by atoms with Crippen LogP contribution < -0.4 is 4.90 Å². The number of pyridine rings is 1. The number of rotatable bonds is 5. The predicted octanol–water partition coefficient (Wildman–Crippen LogP) is 3.11. The van der Waals surface area contributed by atoms with Crippen LogP contribution >= 0.6 is 11.6 Å². The molecule has 0 spiro atoms. The highest BCUT2D eigenvalue weighted by atomic mass is 35.5. The molecule has 0 unspecified atom stereocenters. The third-order valence-corrected chi connectivity index (χ3v) is 6.34. The molecule has 1 aromatic carbocycles. The van der Waals surface area contributed by atoms with Gasteiger partial charge >= 0.3 is 0 Å². The first kappa shape index (κ1) is 20.8. The van der Waals surface area contributed by atoms with E-state index in [0.29, 0.717) is 16.6 Å². The number of hydrogen-bond acceptors (Lipinski definition) is 5. The average Bonchev–Trinajstić information content (AvgIpc) is 2.81. The molecule has 0 aliphatic carbocycles. The van der Waals surface area contributed by atoms with Gasteiger partial charge in [-0.1, -0.05) is 17.7 Å². The molecule has 2 aliphatic heterocycles. The van der Waals surface area contributed by atoms with Gasteiger partial charge in [0, 0.05) is 69.2 Å². The number of benzene rings is 1. The van der Waals surface area contributed by atoms with Gasteiger partial charge in [-0.25, -0.2) is 4.98 Å². The molecule has 7 heteroatoms. The van der Waals surface area contributed by atoms with Crippen molar-refractivity contribution in [1.82, 2.24) is 14.8 Å². The van der Waals surface area contributed by atoms with Crippen LogP contribution in [0, 0.1) is 5.92 Å². The Bertz CT molecular complexity index is 856. The van der Waals surface area contributed by atoms with Gasteiger partial charge in [0.25, 0.3) is 0 Å². The van der Waals surface area contributed by atoms with Gasteiger partial charge in [-0.3, -0.25) is 14.5 Å². The van der Waals surface area contributed by atoms with Crippen LogP contribution in [0.1, 0.15) is 28.8 Å². The lowest BCUT2D eigenvalue weighted by Crippen LogP contribution is -2.51. The van der Waals surface area contributed by atoms with Crippen molar-refractivity contribution < 1.29 is 9.59 Å². The van der Waals surface area contributed by atoms with Crippen LogP contribution in [0.25, 0.3) is 0 Å². The number of piperazine rings is 1. The fourth-order valence-electron chi connectivity index (χ4n) is 4.29. The quantitative estimate of drug-likeness (QED) is 0.543. The maximum Gasteiger partial charge on any atom is 0.225 e. The average molecular weight is 427 g/mol. The molecule has 1 amide bonds. The summed E-state index contributed by atoms with van der Waals surface area (Å²) in [4.78, 5) is 34.7. The Balaban J connectivity index is 1.23. The molecule has 1 aromatic heterocycles. The highest BCUT2D eigenvalue weighted by molar-refractivity contribution is 6.29. The summed E-state index contributed by atoms with van der Waals surface area (Å²) in [5.41, 5.74) is 2.96. The Hall–Kier alpha value is -2.44. The minimum absolute atomic E-state index is 0.113. The normalized spacial score (nSPS) is 18.4. The summed E-state index contributed by atoms with van der Waals surface area (Å²) in [5.74, 6) is 0.418. The third-order valence-electron chi connectivity index (χ3n) is 6.12. The Labute approximate surface area is 182 Å². The number of aldehydes is 1. The maximum absolute atomic E-state index is 13.0. The lowest BCUT2D eigenvalue weighted by atomic mass is 9.94. The lowest BCUT2D eigenvalue weighted by Gasteiger charge is -2.39. The molecule has 0 atom stereocenters. The van der Waals surface area contributed by atoms with Crippen molar-refractivity contribution >= 4 is 29.5 Å². The van der Waals surface area contributed by atoms with E-state index in [0.717, 1.165) is 76.2 Å². The zero-order valence-electron chi connectivity index (χ0n) is 17.0. The summed E-state index contributed by atoms with van der Waals surface area (Å²) in [6, 6.07) is 11.5. The van der Waals surface area contributed by atoms with Crippen LogP contribution in [0.4, 0.5) is 5.69 Å². The largest absolute Gasteiger partial charge is 0.371 e. The van der Waals surface area contributed by atoms with Crippen molar-refractivity contribution in [3.8, 4) is 0 Å². The predicted molar refractivity (Wildman–Crippen MR) is 118 cm³/mol. The zero-order chi connectivity index (χ0) is 20.9. The summed E-state index contributed by atoms with van der Waals surface area (Å²) < 4.78 is 0. The van der Waals surface area contributed by atoms with E-state index in [2.05, 4.69) is 14.8 Å². The zero-order valence-corrected chi connectivity index (χ0v) is 17.8. The van der Waals surface area contributed by atoms with E-state index >= 15 is 0 Å². The number of piperidine rings is 1. The number of nitrogens with zero attached hydrogens (tertiary/aromatic N) is 4. The summed E-state index contributed by atoms with van der Waals surface area (Å²) in [6.07, 6.45) is 4.44. The summed E-state index contributed by atoms with van der Waals surface area (Å²) in [5, 5.41) is 0.512. The van der Waals surface area contributed by atoms with Crippen molar-refractivity contribution in [3.05, 3.63) is 58.9 Å². The highest BCUT2D eigenvalue weighted by Crippen LogP contribution is 2.25. The second-order valence-corrected chi connectivity index (χ2v) is 8.45. The molecule has 158 valence electrons. The number of halogens is 1. The van der Waals surface area contributed by atoms with Crippen molar-refractivity contribution in [1.29, 1.82) is 0 Å². The smallest absolute Gasteiger partial charge is 0.225 e. The van der Waals surface area contributed by atoms with Crippen LogP contribution in [0.15, 0.2) is 42.6 Å². The topological polar surface area (TPSA) is 56.8 Å². The molecule has 30 heavy (non-hydrogen) atoms. The number of aromatic nitrogens is 1. The first-order valence-electron chi connectivity index (χ1n) is 10.5. The van der Waals surface area contributed by atoms with E-state index in [-0.39, 0.29) is 5.92 Å². The van der Waals surface area contributed by atoms with E-state index < -0.39 is 0 Å². The number of carbonyl (C=O) groups is 2. The molecule has 2 fully saturated rings. The van der Waals surface area contributed by atoms with Crippen LogP contribution in [-0.2, 0) is 11.3 Å². The van der Waals surface area contributed by atoms with Crippen LogP contribution in [0.5, 0.6) is 0 Å². The molecule has 2 aliphatic rings. The summed E-state index contributed by atoms with van der Waals surface area (Å²) >= 11 is 5.85. The van der Waals surface area contributed by atoms with Gasteiger partial charge < -0.3 is 9.80 Å². The number of amides is 1. The Morgan fingerprint density at radius 2 is 1.70 bits per heavy atom. The fraction of sp³-hybridized carbons (Fsp3) is 0.435. The summed E-state index contributed by atoms with van der Waals surface area (Å²) in [6.45, 7) is 5.93. The van der Waals surface area contributed by atoms with E-state index in [1.54, 1.807) is 0 Å². The molecule has 0 radical (unpaired) electrons. The second-order valence-electron chi connectivity index (χ2n) is 8.06. The number of carbonyl (C=O) groups excluding carboxylic acids is 2. The van der Waals surface area contributed by atoms with E-state index in [4.69, 9.17) is 11.6 Å². The minimum atomic E-state index is 0.113. The molecular formula is C23H27ClN4O2. The molecule has 2 saturated heterocycles. The molecule has 6 nitrogen and oxygen atoms in total. The van der Waals surface area contributed by atoms with Crippen LogP contribution in [0.3, 0.4) is 0 Å². The van der Waals surface area contributed by atoms with Gasteiger partial charge in [0.15, 0.2) is 0 Å². The van der Waals surface area contributed by atoms with E-state index in [1.807, 2.05) is 47.5 Å². The van der Waals surface area contributed by atoms with Crippen LogP contribution in [-0.4, -0.2) is 66.2 Å². The standard InChI is InChI=1S/C23H27ClN4O2/c24-22-6-3-19(15-25-22)16-26-11-13-28(14-12-26)23(30)20-7-9-27(10-8-20)21-4-1-18(17-29)2-5-21/h1-6,15,17,20H,7-14,16H2. The van der Waals surface area contributed by atoms with Gasteiger partial charge in [-0.15, -0.1) is 0 Å². The van der Waals surface area contributed by atoms with Crippen molar-refractivity contribution in [2.45, 2.75) is 19.4 Å². The Morgan fingerprint density at radius 1 is 1.00 bits per heavy atom. The number of hydrogen-bond donors (Lipinski definition) is 0. The number of anilines is 1.